The fraction of sp³-hybridized carbons (Fsp3) is 0.538. The van der Waals surface area contributed by atoms with Crippen LogP contribution in [-0.4, -0.2) is 69.1 Å². The molecule has 0 aliphatic carbocycles. The first kappa shape index (κ1) is 18.1. The first-order valence-electron chi connectivity index (χ1n) is 6.74. The summed E-state index contributed by atoms with van der Waals surface area (Å²) in [5.41, 5.74) is 0.305. The summed E-state index contributed by atoms with van der Waals surface area (Å²) in [7, 11) is 0. The average molecular weight is 353 g/mol. The highest BCUT2D eigenvalue weighted by Gasteiger charge is 2.46. The van der Waals surface area contributed by atoms with E-state index in [9.17, 15) is 29.9 Å². The van der Waals surface area contributed by atoms with Crippen LogP contribution in [0.25, 0.3) is 0 Å². The number of ether oxygens (including phenoxy) is 1. The summed E-state index contributed by atoms with van der Waals surface area (Å²) < 4.78 is 18.5. The number of benzene rings is 1. The number of halogens is 2. The molecular formula is C13H18ClFN2O6. The maximum atomic E-state index is 14.2. The number of nitrogens with one attached hydrogen (secondary N) is 1. The molecule has 1 unspecified atom stereocenters. The van der Waals surface area contributed by atoms with Gasteiger partial charge >= 0.3 is 11.9 Å². The Labute approximate surface area is 136 Å². The van der Waals surface area contributed by atoms with Crippen molar-refractivity contribution in [1.29, 1.82) is 0 Å². The van der Waals surface area contributed by atoms with E-state index in [1.807, 2.05) is 0 Å². The fourth-order valence-electron chi connectivity index (χ4n) is 2.21. The molecule has 1 atom stereocenters. The molecule has 8 nitrogen and oxygen atoms in total. The number of morpholine rings is 1. The van der Waals surface area contributed by atoms with Crippen molar-refractivity contribution in [3.8, 4) is 0 Å². The van der Waals surface area contributed by atoms with Gasteiger partial charge in [-0.05, 0) is 18.2 Å². The van der Waals surface area contributed by atoms with E-state index < -0.39 is 37.0 Å². The van der Waals surface area contributed by atoms with Crippen LogP contribution >= 0.6 is 11.6 Å². The summed E-state index contributed by atoms with van der Waals surface area (Å²) in [4.78, 5) is 1.02. The molecule has 1 aromatic carbocycles. The predicted octanol–water partition coefficient (Wildman–Crippen LogP) is -1.05. The minimum absolute atomic E-state index is 0.0332. The van der Waals surface area contributed by atoms with Crippen LogP contribution in [0.5, 0.6) is 0 Å². The highest BCUT2D eigenvalue weighted by Crippen LogP contribution is 2.30. The summed E-state index contributed by atoms with van der Waals surface area (Å²) in [6, 6.07) is 3.93. The van der Waals surface area contributed by atoms with E-state index in [1.54, 1.807) is 0 Å². The lowest BCUT2D eigenvalue weighted by atomic mass is 10.2. The quantitative estimate of drug-likeness (QED) is 0.293. The Kier molecular flexibility index (Phi) is 5.31. The van der Waals surface area contributed by atoms with Gasteiger partial charge in [0.1, 0.15) is 18.9 Å². The van der Waals surface area contributed by atoms with E-state index in [0.29, 0.717) is 5.69 Å². The van der Waals surface area contributed by atoms with Crippen molar-refractivity contribution in [1.82, 2.24) is 0 Å². The van der Waals surface area contributed by atoms with Crippen LogP contribution in [-0.2, 0) is 4.74 Å². The SMILES string of the molecule is OC(CCl)CNc1ccc(N2CC(O)(O)OC(O)(O)C2)c(F)c1. The first-order chi connectivity index (χ1) is 10.6. The second-order valence-corrected chi connectivity index (χ2v) is 5.61. The number of alkyl halides is 1. The van der Waals surface area contributed by atoms with Crippen LogP contribution in [0.2, 0.25) is 0 Å². The van der Waals surface area contributed by atoms with E-state index in [4.69, 9.17) is 11.6 Å². The van der Waals surface area contributed by atoms with Gasteiger partial charge in [-0.3, -0.25) is 4.74 Å². The Bertz CT molecular complexity index is 543. The molecule has 1 aliphatic heterocycles. The Morgan fingerprint density at radius 3 is 2.39 bits per heavy atom. The second-order valence-electron chi connectivity index (χ2n) is 5.30. The molecule has 0 amide bonds. The van der Waals surface area contributed by atoms with Crippen molar-refractivity contribution in [2.75, 3.05) is 35.7 Å². The number of nitrogens with zero attached hydrogens (tertiary/aromatic N) is 1. The van der Waals surface area contributed by atoms with Crippen molar-refractivity contribution in [2.45, 2.75) is 18.1 Å². The van der Waals surface area contributed by atoms with Gasteiger partial charge in [0.15, 0.2) is 0 Å². The molecule has 1 fully saturated rings. The Hall–Kier alpha value is -1.20. The molecule has 10 heteroatoms. The van der Waals surface area contributed by atoms with Gasteiger partial charge in [0, 0.05) is 12.2 Å². The van der Waals surface area contributed by atoms with Crippen LogP contribution in [0.1, 0.15) is 0 Å². The van der Waals surface area contributed by atoms with Gasteiger partial charge in [0.05, 0.1) is 17.7 Å². The summed E-state index contributed by atoms with van der Waals surface area (Å²) in [6.45, 7) is -1.03. The van der Waals surface area contributed by atoms with E-state index in [-0.39, 0.29) is 18.1 Å². The molecule has 130 valence electrons. The van der Waals surface area contributed by atoms with Crippen LogP contribution in [0, 0.1) is 5.82 Å². The first-order valence-corrected chi connectivity index (χ1v) is 7.27. The summed E-state index contributed by atoms with van der Waals surface area (Å²) in [6.07, 6.45) is -0.785. The maximum absolute atomic E-state index is 14.2. The van der Waals surface area contributed by atoms with Crippen LogP contribution in [0.4, 0.5) is 15.8 Å². The summed E-state index contributed by atoms with van der Waals surface area (Å²) in [5.74, 6) is -6.37. The van der Waals surface area contributed by atoms with E-state index in [0.717, 1.165) is 11.0 Å². The third kappa shape index (κ3) is 4.88. The van der Waals surface area contributed by atoms with E-state index in [2.05, 4.69) is 10.1 Å². The smallest absolute Gasteiger partial charge is 0.300 e. The van der Waals surface area contributed by atoms with Gasteiger partial charge in [-0.1, -0.05) is 0 Å². The van der Waals surface area contributed by atoms with E-state index in [1.165, 1.54) is 12.1 Å². The average Bonchev–Trinajstić information content (AvgIpc) is 2.41. The van der Waals surface area contributed by atoms with E-state index >= 15 is 0 Å². The van der Waals surface area contributed by atoms with Crippen molar-refractivity contribution < 1.29 is 34.7 Å². The topological polar surface area (TPSA) is 126 Å². The number of aliphatic hydroxyl groups excluding tert-OH is 1. The molecular weight excluding hydrogens is 335 g/mol. The van der Waals surface area contributed by atoms with Gasteiger partial charge < -0.3 is 35.7 Å². The highest BCUT2D eigenvalue weighted by molar-refractivity contribution is 6.18. The van der Waals surface area contributed by atoms with Gasteiger partial charge in [0.2, 0.25) is 0 Å². The van der Waals surface area contributed by atoms with Gasteiger partial charge in [0.25, 0.3) is 0 Å². The van der Waals surface area contributed by atoms with Crippen molar-refractivity contribution in [3.63, 3.8) is 0 Å². The third-order valence-corrected chi connectivity index (χ3v) is 3.49. The van der Waals surface area contributed by atoms with Gasteiger partial charge in [-0.15, -0.1) is 11.6 Å². The monoisotopic (exact) mass is 352 g/mol. The minimum atomic E-state index is -2.84. The lowest BCUT2D eigenvalue weighted by Gasteiger charge is -2.42. The number of anilines is 2. The molecule has 2 rings (SSSR count). The normalized spacial score (nSPS) is 21.1. The molecule has 0 aromatic heterocycles. The third-order valence-electron chi connectivity index (χ3n) is 3.13. The zero-order valence-electron chi connectivity index (χ0n) is 12.0. The van der Waals surface area contributed by atoms with Gasteiger partial charge in [-0.2, -0.15) is 0 Å². The largest absolute Gasteiger partial charge is 0.390 e. The van der Waals surface area contributed by atoms with Gasteiger partial charge in [-0.25, -0.2) is 4.39 Å². The van der Waals surface area contributed by atoms with Crippen molar-refractivity contribution in [2.24, 2.45) is 0 Å². The molecule has 6 N–H and O–H groups in total. The lowest BCUT2D eigenvalue weighted by molar-refractivity contribution is -0.474. The van der Waals surface area contributed by atoms with Crippen molar-refractivity contribution in [3.05, 3.63) is 24.0 Å². The molecule has 0 spiro atoms. The summed E-state index contributed by atoms with van der Waals surface area (Å²) in [5, 5.41) is 49.9. The molecule has 0 radical (unpaired) electrons. The number of hydrogen-bond acceptors (Lipinski definition) is 8. The second kappa shape index (κ2) is 6.73. The van der Waals surface area contributed by atoms with Crippen LogP contribution in [0.15, 0.2) is 18.2 Å². The molecule has 0 saturated carbocycles. The standard InChI is InChI=1S/C13H18ClFN2O6/c14-4-9(18)5-16-8-1-2-11(10(15)3-8)17-6-12(19,20)23-13(21,22)7-17/h1-3,9,16,18-22H,4-7H2. The molecule has 1 heterocycles. The van der Waals surface area contributed by atoms with Crippen molar-refractivity contribution >= 4 is 23.0 Å². The molecule has 1 saturated heterocycles. The number of rotatable bonds is 5. The van der Waals surface area contributed by atoms with Crippen LogP contribution < -0.4 is 10.2 Å². The Morgan fingerprint density at radius 1 is 1.26 bits per heavy atom. The predicted molar refractivity (Wildman–Crippen MR) is 79.3 cm³/mol. The Balaban J connectivity index is 2.14. The molecule has 1 aliphatic rings. The Morgan fingerprint density at radius 2 is 1.87 bits per heavy atom. The zero-order chi connectivity index (χ0) is 17.3. The zero-order valence-corrected chi connectivity index (χ0v) is 12.7. The maximum Gasteiger partial charge on any atom is 0.300 e. The minimum Gasteiger partial charge on any atom is -0.390 e. The molecule has 1 aromatic rings. The number of hydrogen-bond donors (Lipinski definition) is 6. The molecule has 0 bridgehead atoms. The number of aliphatic hydroxyl groups is 5. The highest BCUT2D eigenvalue weighted by atomic mass is 35.5. The molecule has 23 heavy (non-hydrogen) atoms. The lowest BCUT2D eigenvalue weighted by Crippen LogP contribution is -2.62. The summed E-state index contributed by atoms with van der Waals surface area (Å²) >= 11 is 5.45. The fourth-order valence-corrected chi connectivity index (χ4v) is 2.32. The van der Waals surface area contributed by atoms with Crippen LogP contribution in [0.3, 0.4) is 0 Å². The number of β-amino-alcohol motifs (C(OH)–C–C–N with tert-alkyl or cyclic N) is 4.